The molecule has 0 aromatic heterocycles. The van der Waals surface area contributed by atoms with Gasteiger partial charge in [-0.1, -0.05) is 31.2 Å². The number of hydrogen-bond donors (Lipinski definition) is 4. The first kappa shape index (κ1) is 21.9. The van der Waals surface area contributed by atoms with Crippen LogP contribution in [0.15, 0.2) is 42.5 Å². The van der Waals surface area contributed by atoms with Gasteiger partial charge in [0.15, 0.2) is 13.1 Å². The zero-order chi connectivity index (χ0) is 21.5. The molecule has 2 amide bonds. The van der Waals surface area contributed by atoms with Crippen molar-refractivity contribution in [2.24, 2.45) is 0 Å². The molecule has 1 aliphatic heterocycles. The maximum atomic E-state index is 13.6. The third kappa shape index (κ3) is 6.11. The number of rotatable bonds is 7. The van der Waals surface area contributed by atoms with E-state index >= 15 is 0 Å². The average Bonchev–Trinajstić information content (AvgIpc) is 2.72. The predicted octanol–water partition coefficient (Wildman–Crippen LogP) is 0.0571. The smallest absolute Gasteiger partial charge is 0.279 e. The summed E-state index contributed by atoms with van der Waals surface area (Å²) in [5.74, 6) is -0.420. The van der Waals surface area contributed by atoms with E-state index in [4.69, 9.17) is 0 Å². The Morgan fingerprint density at radius 3 is 2.13 bits per heavy atom. The number of anilines is 2. The van der Waals surface area contributed by atoms with E-state index in [2.05, 4.69) is 17.6 Å². The summed E-state index contributed by atoms with van der Waals surface area (Å²) in [6.45, 7) is 7.86. The fraction of sp³-hybridized carbons (Fsp3) is 0.391. The Labute approximate surface area is 177 Å². The largest absolute Gasteiger partial charge is 0.321 e. The first-order valence-corrected chi connectivity index (χ1v) is 10.6. The molecule has 1 aliphatic rings. The van der Waals surface area contributed by atoms with Gasteiger partial charge < -0.3 is 20.4 Å². The minimum Gasteiger partial charge on any atom is -0.321 e. The molecule has 2 aromatic carbocycles. The van der Waals surface area contributed by atoms with E-state index in [1.54, 1.807) is 19.1 Å². The molecule has 0 unspecified atom stereocenters. The number of benzene rings is 2. The predicted molar refractivity (Wildman–Crippen MR) is 115 cm³/mol. The van der Waals surface area contributed by atoms with Gasteiger partial charge in [-0.25, -0.2) is 4.39 Å². The van der Waals surface area contributed by atoms with Crippen LogP contribution in [0.5, 0.6) is 0 Å². The minimum atomic E-state index is -0.322. The second kappa shape index (κ2) is 10.3. The number of carbonyl (C=O) groups is 2. The van der Waals surface area contributed by atoms with E-state index in [-0.39, 0.29) is 17.6 Å². The number of piperazine rings is 1. The summed E-state index contributed by atoms with van der Waals surface area (Å²) in [7, 11) is 0. The second-order valence-corrected chi connectivity index (χ2v) is 7.92. The maximum Gasteiger partial charge on any atom is 0.279 e. The molecule has 6 nitrogen and oxygen atoms in total. The van der Waals surface area contributed by atoms with Crippen LogP contribution in [0.25, 0.3) is 0 Å². The van der Waals surface area contributed by atoms with Crippen LogP contribution in [0.3, 0.4) is 0 Å². The van der Waals surface area contributed by atoms with E-state index in [1.807, 2.05) is 24.3 Å². The lowest BCUT2D eigenvalue weighted by atomic mass is 10.1. The molecular weight excluding hydrogens is 383 g/mol. The number of halogens is 1. The second-order valence-electron chi connectivity index (χ2n) is 7.92. The van der Waals surface area contributed by atoms with Gasteiger partial charge in [-0.3, -0.25) is 9.59 Å². The average molecular weight is 415 g/mol. The standard InChI is InChI=1S/C23H29FN4O2/c1-3-18-6-4-5-7-21(18)26-23(30)16-28-12-10-27(11-13-28)15-22(29)25-19-9-8-17(2)20(24)14-19/h4-9,14H,3,10-13,15-16H2,1-2H3,(H,25,29)(H,26,30)/p+2. The van der Waals surface area contributed by atoms with Crippen LogP contribution in [0, 0.1) is 12.7 Å². The molecule has 1 heterocycles. The van der Waals surface area contributed by atoms with Gasteiger partial charge >= 0.3 is 0 Å². The van der Waals surface area contributed by atoms with Crippen molar-refractivity contribution in [1.29, 1.82) is 0 Å². The van der Waals surface area contributed by atoms with Crippen molar-refractivity contribution in [3.63, 3.8) is 0 Å². The SMILES string of the molecule is CCc1ccccc1NC(=O)C[NH+]1CC[NH+](CC(=O)Nc2ccc(C)c(F)c2)CC1. The minimum absolute atomic E-state index is 0.0218. The van der Waals surface area contributed by atoms with Gasteiger partial charge in [0.1, 0.15) is 32.0 Å². The molecule has 1 saturated heterocycles. The van der Waals surface area contributed by atoms with Crippen LogP contribution in [0.1, 0.15) is 18.1 Å². The summed E-state index contributed by atoms with van der Waals surface area (Å²) in [4.78, 5) is 27.1. The third-order valence-electron chi connectivity index (χ3n) is 5.61. The zero-order valence-electron chi connectivity index (χ0n) is 17.7. The van der Waals surface area contributed by atoms with Gasteiger partial charge in [0.05, 0.1) is 0 Å². The first-order chi connectivity index (χ1) is 14.4. The number of para-hydroxylation sites is 1. The third-order valence-corrected chi connectivity index (χ3v) is 5.61. The molecule has 0 bridgehead atoms. The quantitative estimate of drug-likeness (QED) is 0.518. The van der Waals surface area contributed by atoms with Gasteiger partial charge in [-0.15, -0.1) is 0 Å². The summed E-state index contributed by atoms with van der Waals surface area (Å²) in [6.07, 6.45) is 0.878. The van der Waals surface area contributed by atoms with E-state index in [9.17, 15) is 14.0 Å². The van der Waals surface area contributed by atoms with Crippen molar-refractivity contribution in [2.45, 2.75) is 20.3 Å². The molecule has 4 N–H and O–H groups in total. The number of amides is 2. The van der Waals surface area contributed by atoms with Crippen LogP contribution in [-0.4, -0.2) is 51.1 Å². The van der Waals surface area contributed by atoms with E-state index in [0.29, 0.717) is 24.3 Å². The van der Waals surface area contributed by atoms with Crippen molar-refractivity contribution in [3.8, 4) is 0 Å². The zero-order valence-corrected chi connectivity index (χ0v) is 17.7. The molecule has 2 aromatic rings. The summed E-state index contributed by atoms with van der Waals surface area (Å²) >= 11 is 0. The van der Waals surface area contributed by atoms with Gasteiger partial charge in [0, 0.05) is 11.4 Å². The Morgan fingerprint density at radius 1 is 0.933 bits per heavy atom. The maximum absolute atomic E-state index is 13.6. The molecule has 0 atom stereocenters. The molecule has 0 saturated carbocycles. The van der Waals surface area contributed by atoms with Crippen LogP contribution >= 0.6 is 0 Å². The Kier molecular flexibility index (Phi) is 7.54. The van der Waals surface area contributed by atoms with Crippen molar-refractivity contribution < 1.29 is 23.8 Å². The van der Waals surface area contributed by atoms with Gasteiger partial charge in [0.2, 0.25) is 0 Å². The number of nitrogens with one attached hydrogen (secondary N) is 4. The topological polar surface area (TPSA) is 67.1 Å². The summed E-state index contributed by atoms with van der Waals surface area (Å²) in [5.41, 5.74) is 3.06. The summed E-state index contributed by atoms with van der Waals surface area (Å²) < 4.78 is 13.6. The van der Waals surface area contributed by atoms with Crippen molar-refractivity contribution in [3.05, 3.63) is 59.4 Å². The fourth-order valence-corrected chi connectivity index (χ4v) is 3.79. The van der Waals surface area contributed by atoms with Crippen molar-refractivity contribution in [2.75, 3.05) is 49.9 Å². The first-order valence-electron chi connectivity index (χ1n) is 10.6. The Balaban J connectivity index is 1.41. The van der Waals surface area contributed by atoms with Crippen molar-refractivity contribution >= 4 is 23.2 Å². The van der Waals surface area contributed by atoms with Crippen LogP contribution in [0.4, 0.5) is 15.8 Å². The highest BCUT2D eigenvalue weighted by Crippen LogP contribution is 2.15. The monoisotopic (exact) mass is 414 g/mol. The Hall–Kier alpha value is -2.77. The van der Waals surface area contributed by atoms with E-state index in [0.717, 1.165) is 43.9 Å². The molecule has 0 spiro atoms. The van der Waals surface area contributed by atoms with Gasteiger partial charge in [-0.05, 0) is 42.7 Å². The molecule has 1 fully saturated rings. The molecule has 160 valence electrons. The number of aryl methyl sites for hydroxylation is 2. The Morgan fingerprint density at radius 2 is 1.53 bits per heavy atom. The summed E-state index contributed by atoms with van der Waals surface area (Å²) in [6, 6.07) is 12.6. The van der Waals surface area contributed by atoms with Crippen LogP contribution < -0.4 is 20.4 Å². The molecule has 7 heteroatoms. The van der Waals surface area contributed by atoms with Gasteiger partial charge in [-0.2, -0.15) is 0 Å². The molecule has 0 aliphatic carbocycles. The van der Waals surface area contributed by atoms with E-state index in [1.165, 1.54) is 15.9 Å². The molecule has 30 heavy (non-hydrogen) atoms. The highest BCUT2D eigenvalue weighted by Gasteiger charge is 2.26. The van der Waals surface area contributed by atoms with Crippen LogP contribution in [0.2, 0.25) is 0 Å². The lowest BCUT2D eigenvalue weighted by Gasteiger charge is -2.29. The lowest BCUT2D eigenvalue weighted by Crippen LogP contribution is -3.28. The summed E-state index contributed by atoms with van der Waals surface area (Å²) in [5, 5.41) is 5.79. The number of carbonyl (C=O) groups excluding carboxylic acids is 2. The highest BCUT2D eigenvalue weighted by molar-refractivity contribution is 5.92. The van der Waals surface area contributed by atoms with Crippen molar-refractivity contribution in [1.82, 2.24) is 0 Å². The molecule has 0 radical (unpaired) electrons. The van der Waals surface area contributed by atoms with Crippen LogP contribution in [-0.2, 0) is 16.0 Å². The molecular formula is C23H31FN4O2+2. The Bertz CT molecular complexity index is 895. The number of hydrogen-bond acceptors (Lipinski definition) is 2. The number of quaternary nitrogens is 2. The normalized spacial score (nSPS) is 18.6. The molecule has 3 rings (SSSR count). The van der Waals surface area contributed by atoms with E-state index < -0.39 is 0 Å². The lowest BCUT2D eigenvalue weighted by molar-refractivity contribution is -1.00. The fourth-order valence-electron chi connectivity index (χ4n) is 3.79. The highest BCUT2D eigenvalue weighted by atomic mass is 19.1. The van der Waals surface area contributed by atoms with Gasteiger partial charge in [0.25, 0.3) is 11.8 Å².